The minimum atomic E-state index is -4.02. The summed E-state index contributed by atoms with van der Waals surface area (Å²) in [6.45, 7) is 0.837. The van der Waals surface area contributed by atoms with Crippen LogP contribution in [0, 0.1) is 5.82 Å². The van der Waals surface area contributed by atoms with Crippen LogP contribution in [0.15, 0.2) is 47.4 Å². The highest BCUT2D eigenvalue weighted by molar-refractivity contribution is 7.89. The molecule has 0 bridgehead atoms. The summed E-state index contributed by atoms with van der Waals surface area (Å²) in [5, 5.41) is 0. The fourth-order valence-electron chi connectivity index (χ4n) is 3.05. The molecule has 0 unspecified atom stereocenters. The van der Waals surface area contributed by atoms with Crippen LogP contribution in [0.4, 0.5) is 4.39 Å². The Bertz CT molecular complexity index is 1000. The van der Waals surface area contributed by atoms with Gasteiger partial charge in [-0.1, -0.05) is 12.1 Å². The average molecular weight is 405 g/mol. The summed E-state index contributed by atoms with van der Waals surface area (Å²) < 4.78 is 44.5. The van der Waals surface area contributed by atoms with Gasteiger partial charge in [0.25, 0.3) is 0 Å². The number of esters is 1. The van der Waals surface area contributed by atoms with Crippen molar-refractivity contribution in [1.29, 1.82) is 0 Å². The number of aryl methyl sites for hydroxylation is 2. The minimum absolute atomic E-state index is 0.178. The number of Topliss-reactive ketones (excluding diaryl/α,β-unsaturated/α-hetero) is 1. The van der Waals surface area contributed by atoms with Crippen LogP contribution in [0.3, 0.4) is 0 Å². The maximum Gasteiger partial charge on any atom is 0.324 e. The van der Waals surface area contributed by atoms with Crippen molar-refractivity contribution in [1.82, 2.24) is 4.72 Å². The third-order valence-corrected chi connectivity index (χ3v) is 6.13. The Balaban J connectivity index is 1.56. The third kappa shape index (κ3) is 4.63. The van der Waals surface area contributed by atoms with E-state index in [1.54, 1.807) is 6.07 Å². The predicted molar refractivity (Wildman–Crippen MR) is 99.9 cm³/mol. The van der Waals surface area contributed by atoms with Gasteiger partial charge < -0.3 is 4.74 Å². The SMILES string of the molecule is C[C@H](NS(=O)(=O)c1ccc(F)cc1)C(=O)OCC(=O)c1ccc2c(c1)CCC2. The lowest BCUT2D eigenvalue weighted by Gasteiger charge is -2.13. The fourth-order valence-corrected chi connectivity index (χ4v) is 4.25. The van der Waals surface area contributed by atoms with Gasteiger partial charge in [-0.25, -0.2) is 12.8 Å². The van der Waals surface area contributed by atoms with Crippen LogP contribution in [0.1, 0.15) is 34.8 Å². The van der Waals surface area contributed by atoms with Crippen molar-refractivity contribution >= 4 is 21.8 Å². The Morgan fingerprint density at radius 1 is 1.11 bits per heavy atom. The Morgan fingerprint density at radius 3 is 2.50 bits per heavy atom. The van der Waals surface area contributed by atoms with Crippen molar-refractivity contribution < 1.29 is 27.1 Å². The molecule has 0 radical (unpaired) electrons. The van der Waals surface area contributed by atoms with Crippen LogP contribution < -0.4 is 4.72 Å². The Morgan fingerprint density at radius 2 is 1.79 bits per heavy atom. The van der Waals surface area contributed by atoms with Crippen LogP contribution in [0.5, 0.6) is 0 Å². The summed E-state index contributed by atoms with van der Waals surface area (Å²) in [6, 6.07) is 8.43. The summed E-state index contributed by atoms with van der Waals surface area (Å²) in [5.74, 6) is -1.80. The second kappa shape index (κ2) is 8.20. The first kappa shape index (κ1) is 20.2. The number of halogens is 1. The molecule has 3 rings (SSSR count). The van der Waals surface area contributed by atoms with Crippen LogP contribution in [-0.4, -0.2) is 32.8 Å². The van der Waals surface area contributed by atoms with Crippen molar-refractivity contribution in [2.24, 2.45) is 0 Å². The van der Waals surface area contributed by atoms with E-state index in [4.69, 9.17) is 4.74 Å². The summed E-state index contributed by atoms with van der Waals surface area (Å²) >= 11 is 0. The number of nitrogens with one attached hydrogen (secondary N) is 1. The number of sulfonamides is 1. The van der Waals surface area contributed by atoms with Gasteiger partial charge in [0.05, 0.1) is 4.90 Å². The lowest BCUT2D eigenvalue weighted by molar-refractivity contribution is -0.144. The number of carbonyl (C=O) groups excluding carboxylic acids is 2. The van der Waals surface area contributed by atoms with E-state index < -0.39 is 34.5 Å². The molecule has 0 saturated carbocycles. The fraction of sp³-hybridized carbons (Fsp3) is 0.300. The maximum atomic E-state index is 12.9. The van der Waals surface area contributed by atoms with Gasteiger partial charge in [-0.3, -0.25) is 9.59 Å². The molecule has 148 valence electrons. The van der Waals surface area contributed by atoms with Crippen LogP contribution >= 0.6 is 0 Å². The lowest BCUT2D eigenvalue weighted by Crippen LogP contribution is -2.40. The Kier molecular flexibility index (Phi) is 5.90. The molecular formula is C20H20FNO5S. The van der Waals surface area contributed by atoms with Gasteiger partial charge in [-0.2, -0.15) is 4.72 Å². The molecule has 1 N–H and O–H groups in total. The van der Waals surface area contributed by atoms with E-state index in [9.17, 15) is 22.4 Å². The number of fused-ring (bicyclic) bond motifs is 1. The zero-order valence-electron chi connectivity index (χ0n) is 15.3. The van der Waals surface area contributed by atoms with Crippen molar-refractivity contribution in [3.05, 3.63) is 65.0 Å². The quantitative estimate of drug-likeness (QED) is 0.564. The van der Waals surface area contributed by atoms with E-state index in [0.29, 0.717) is 5.56 Å². The first-order valence-corrected chi connectivity index (χ1v) is 10.3. The molecule has 1 aliphatic carbocycles. The van der Waals surface area contributed by atoms with Crippen molar-refractivity contribution in [2.75, 3.05) is 6.61 Å². The van der Waals surface area contributed by atoms with E-state index in [2.05, 4.69) is 4.72 Å². The second-order valence-corrected chi connectivity index (χ2v) is 8.38. The summed E-state index contributed by atoms with van der Waals surface area (Å²) in [6.07, 6.45) is 3.00. The number of carbonyl (C=O) groups is 2. The molecule has 28 heavy (non-hydrogen) atoms. The average Bonchev–Trinajstić information content (AvgIpc) is 3.13. The van der Waals surface area contributed by atoms with Gasteiger partial charge in [0.1, 0.15) is 11.9 Å². The highest BCUT2D eigenvalue weighted by Gasteiger charge is 2.24. The maximum absolute atomic E-state index is 12.9. The van der Waals surface area contributed by atoms with Crippen molar-refractivity contribution in [2.45, 2.75) is 37.1 Å². The molecule has 0 aliphatic heterocycles. The largest absolute Gasteiger partial charge is 0.456 e. The number of benzene rings is 2. The van der Waals surface area contributed by atoms with Crippen LogP contribution in [0.25, 0.3) is 0 Å². The molecular weight excluding hydrogens is 385 g/mol. The molecule has 0 aromatic heterocycles. The van der Waals surface area contributed by atoms with Crippen molar-refractivity contribution in [3.63, 3.8) is 0 Å². The molecule has 1 aliphatic rings. The number of ketones is 1. The van der Waals surface area contributed by atoms with Crippen LogP contribution in [0.2, 0.25) is 0 Å². The zero-order valence-corrected chi connectivity index (χ0v) is 16.1. The molecule has 0 saturated heterocycles. The molecule has 0 amide bonds. The van der Waals surface area contributed by atoms with E-state index in [1.165, 1.54) is 12.5 Å². The lowest BCUT2D eigenvalue weighted by atomic mass is 10.0. The summed E-state index contributed by atoms with van der Waals surface area (Å²) in [4.78, 5) is 24.1. The summed E-state index contributed by atoms with van der Waals surface area (Å²) in [7, 11) is -4.02. The van der Waals surface area contributed by atoms with E-state index >= 15 is 0 Å². The molecule has 0 heterocycles. The number of hydrogen-bond donors (Lipinski definition) is 1. The zero-order chi connectivity index (χ0) is 20.3. The number of ether oxygens (including phenoxy) is 1. The molecule has 0 fully saturated rings. The van der Waals surface area contributed by atoms with Gasteiger partial charge in [0, 0.05) is 5.56 Å². The standard InChI is InChI=1S/C20H20FNO5S/c1-13(22-28(25,26)18-9-7-17(21)8-10-18)20(24)27-12-19(23)16-6-5-14-3-2-4-15(14)11-16/h5-11,13,22H,2-4,12H2,1H3/t13-/m0/s1. The molecule has 0 spiro atoms. The smallest absolute Gasteiger partial charge is 0.324 e. The highest BCUT2D eigenvalue weighted by atomic mass is 32.2. The highest BCUT2D eigenvalue weighted by Crippen LogP contribution is 2.23. The normalized spacial score (nSPS) is 14.4. The topological polar surface area (TPSA) is 89.5 Å². The Labute approximate surface area is 162 Å². The van der Waals surface area contributed by atoms with Gasteiger partial charge in [0.2, 0.25) is 10.0 Å². The first-order valence-electron chi connectivity index (χ1n) is 8.86. The molecule has 8 heteroatoms. The van der Waals surface area contributed by atoms with Gasteiger partial charge in [0.15, 0.2) is 12.4 Å². The minimum Gasteiger partial charge on any atom is -0.456 e. The third-order valence-electron chi connectivity index (χ3n) is 4.58. The van der Waals surface area contributed by atoms with E-state index in [-0.39, 0.29) is 10.7 Å². The van der Waals surface area contributed by atoms with Gasteiger partial charge in [-0.05, 0) is 67.6 Å². The molecule has 2 aromatic carbocycles. The first-order chi connectivity index (χ1) is 13.3. The van der Waals surface area contributed by atoms with E-state index in [0.717, 1.165) is 49.1 Å². The molecule has 2 aromatic rings. The molecule has 1 atom stereocenters. The molecule has 6 nitrogen and oxygen atoms in total. The number of hydrogen-bond acceptors (Lipinski definition) is 5. The van der Waals surface area contributed by atoms with E-state index in [1.807, 2.05) is 12.1 Å². The predicted octanol–water partition coefficient (Wildman–Crippen LogP) is 2.41. The number of rotatable bonds is 7. The van der Waals surface area contributed by atoms with Crippen LogP contribution in [-0.2, 0) is 32.4 Å². The summed E-state index contributed by atoms with van der Waals surface area (Å²) in [5.41, 5.74) is 2.84. The van der Waals surface area contributed by atoms with Gasteiger partial charge >= 0.3 is 5.97 Å². The van der Waals surface area contributed by atoms with Crippen molar-refractivity contribution in [3.8, 4) is 0 Å². The van der Waals surface area contributed by atoms with Gasteiger partial charge in [-0.15, -0.1) is 0 Å². The Hall–Kier alpha value is -2.58. The monoisotopic (exact) mass is 405 g/mol. The second-order valence-electron chi connectivity index (χ2n) is 6.66.